The number of halogens is 2. The Bertz CT molecular complexity index is 1000. The number of aromatic amines is 1. The molecule has 0 spiro atoms. The maximum atomic E-state index is 13.5. The Kier molecular flexibility index (Phi) is 4.81. The number of sulfone groups is 1. The Labute approximate surface area is 153 Å². The number of aromatic nitrogens is 3. The predicted molar refractivity (Wildman–Crippen MR) is 95.4 cm³/mol. The van der Waals surface area contributed by atoms with Crippen LogP contribution in [0.15, 0.2) is 34.8 Å². The van der Waals surface area contributed by atoms with Crippen molar-refractivity contribution >= 4 is 37.9 Å². The van der Waals surface area contributed by atoms with Crippen LogP contribution < -0.4 is 5.32 Å². The third kappa shape index (κ3) is 3.83. The lowest BCUT2D eigenvalue weighted by Crippen LogP contribution is -2.14. The summed E-state index contributed by atoms with van der Waals surface area (Å²) in [5.41, 5.74) is 1.05. The maximum Gasteiger partial charge on any atom is 0.194 e. The fourth-order valence-electron chi connectivity index (χ4n) is 2.38. The molecular weight excluding hydrogens is 387 g/mol. The number of H-pyrrole nitrogens is 1. The summed E-state index contributed by atoms with van der Waals surface area (Å²) >= 11 is 7.27. The molecule has 0 aliphatic rings. The molecule has 0 aliphatic carbocycles. The van der Waals surface area contributed by atoms with E-state index in [1.807, 2.05) is 0 Å². The topological polar surface area (TPSA) is 87.7 Å². The second-order valence-electron chi connectivity index (χ2n) is 5.41. The molecule has 0 bridgehead atoms. The lowest BCUT2D eigenvalue weighted by molar-refractivity contribution is 0.597. The van der Waals surface area contributed by atoms with Crippen LogP contribution in [0.4, 0.5) is 9.52 Å². The molecule has 10 heteroatoms. The minimum atomic E-state index is -3.47. The van der Waals surface area contributed by atoms with Gasteiger partial charge < -0.3 is 10.3 Å². The van der Waals surface area contributed by atoms with Gasteiger partial charge in [0.05, 0.1) is 10.7 Å². The van der Waals surface area contributed by atoms with E-state index in [-0.39, 0.29) is 10.0 Å². The molecule has 0 fully saturated rings. The highest BCUT2D eigenvalue weighted by Crippen LogP contribution is 2.30. The van der Waals surface area contributed by atoms with Crippen molar-refractivity contribution in [1.82, 2.24) is 15.0 Å². The first-order valence-corrected chi connectivity index (χ1v) is 10.3. The van der Waals surface area contributed by atoms with Gasteiger partial charge in [0, 0.05) is 17.8 Å². The van der Waals surface area contributed by atoms with Crippen LogP contribution in [0.1, 0.15) is 23.1 Å². The second-order valence-corrected chi connectivity index (χ2v) is 8.65. The molecule has 0 amide bonds. The Morgan fingerprint density at radius 3 is 2.72 bits per heavy atom. The molecule has 6 nitrogen and oxygen atoms in total. The number of thiazole rings is 1. The molecule has 2 N–H and O–H groups in total. The van der Waals surface area contributed by atoms with E-state index in [1.165, 1.54) is 23.5 Å². The van der Waals surface area contributed by atoms with Gasteiger partial charge in [0.1, 0.15) is 17.7 Å². The van der Waals surface area contributed by atoms with Crippen molar-refractivity contribution in [2.24, 2.45) is 0 Å². The van der Waals surface area contributed by atoms with E-state index in [0.717, 1.165) is 6.26 Å². The van der Waals surface area contributed by atoms with Crippen LogP contribution in [-0.2, 0) is 9.84 Å². The number of rotatable bonds is 5. The number of benzene rings is 1. The number of anilines is 1. The molecule has 2 heterocycles. The summed E-state index contributed by atoms with van der Waals surface area (Å²) in [5.74, 6) is -0.165. The Balaban J connectivity index is 2.09. The van der Waals surface area contributed by atoms with E-state index in [9.17, 15) is 12.8 Å². The zero-order valence-electron chi connectivity index (χ0n) is 13.2. The van der Waals surface area contributed by atoms with E-state index in [4.69, 9.17) is 11.6 Å². The van der Waals surface area contributed by atoms with Crippen LogP contribution in [0.2, 0.25) is 5.02 Å². The predicted octanol–water partition coefficient (Wildman–Crippen LogP) is 3.57. The van der Waals surface area contributed by atoms with Crippen molar-refractivity contribution in [1.29, 1.82) is 0 Å². The van der Waals surface area contributed by atoms with Crippen molar-refractivity contribution in [3.05, 3.63) is 57.7 Å². The van der Waals surface area contributed by atoms with Gasteiger partial charge in [0.25, 0.3) is 0 Å². The normalized spacial score (nSPS) is 13.0. The van der Waals surface area contributed by atoms with Gasteiger partial charge in [-0.05, 0) is 24.6 Å². The van der Waals surface area contributed by atoms with Crippen LogP contribution in [-0.4, -0.2) is 29.6 Å². The minimum absolute atomic E-state index is 0.0263. The summed E-state index contributed by atoms with van der Waals surface area (Å²) < 4.78 is 37.2. The molecule has 0 radical (unpaired) electrons. The smallest absolute Gasteiger partial charge is 0.194 e. The number of hydrogen-bond acceptors (Lipinski definition) is 6. The number of imidazole rings is 1. The highest BCUT2D eigenvalue weighted by atomic mass is 35.5. The van der Waals surface area contributed by atoms with Crippen molar-refractivity contribution in [2.45, 2.75) is 18.0 Å². The highest BCUT2D eigenvalue weighted by Gasteiger charge is 2.24. The van der Waals surface area contributed by atoms with E-state index < -0.39 is 21.7 Å². The summed E-state index contributed by atoms with van der Waals surface area (Å²) in [4.78, 5) is 11.4. The van der Waals surface area contributed by atoms with Crippen molar-refractivity contribution in [2.75, 3.05) is 11.6 Å². The number of nitrogens with one attached hydrogen (secondary N) is 2. The third-order valence-corrected chi connectivity index (χ3v) is 5.55. The largest absolute Gasteiger partial charge is 0.348 e. The van der Waals surface area contributed by atoms with Crippen LogP contribution in [0, 0.1) is 12.7 Å². The quantitative estimate of drug-likeness (QED) is 0.683. The highest BCUT2D eigenvalue weighted by molar-refractivity contribution is 7.90. The molecule has 132 valence electrons. The summed E-state index contributed by atoms with van der Waals surface area (Å²) in [7, 11) is -3.47. The van der Waals surface area contributed by atoms with Gasteiger partial charge in [-0.3, -0.25) is 0 Å². The summed E-state index contributed by atoms with van der Waals surface area (Å²) in [6.45, 7) is 1.63. The van der Waals surface area contributed by atoms with E-state index in [0.29, 0.717) is 22.2 Å². The molecule has 0 saturated heterocycles. The number of nitrogens with zero attached hydrogens (tertiary/aromatic N) is 2. The van der Waals surface area contributed by atoms with Crippen LogP contribution in [0.5, 0.6) is 0 Å². The average molecular weight is 401 g/mol. The fraction of sp³-hybridized carbons (Fsp3) is 0.200. The minimum Gasteiger partial charge on any atom is -0.348 e. The number of aryl methyl sites for hydroxylation is 1. The molecule has 25 heavy (non-hydrogen) atoms. The number of hydrogen-bond donors (Lipinski definition) is 2. The molecule has 3 aromatic rings. The molecule has 1 unspecified atom stereocenters. The van der Waals surface area contributed by atoms with Crippen molar-refractivity contribution in [3.8, 4) is 0 Å². The molecule has 1 aromatic carbocycles. The molecule has 3 rings (SSSR count). The first-order chi connectivity index (χ1) is 11.8. The fourth-order valence-corrected chi connectivity index (χ4v) is 4.00. The first-order valence-electron chi connectivity index (χ1n) is 7.13. The Morgan fingerprint density at radius 1 is 1.40 bits per heavy atom. The average Bonchev–Trinajstić information content (AvgIpc) is 3.16. The van der Waals surface area contributed by atoms with Crippen molar-refractivity contribution in [3.63, 3.8) is 0 Å². The monoisotopic (exact) mass is 400 g/mol. The summed E-state index contributed by atoms with van der Waals surface area (Å²) in [5, 5.41) is 5.52. The van der Waals surface area contributed by atoms with Gasteiger partial charge in [0.2, 0.25) is 0 Å². The molecule has 0 saturated carbocycles. The van der Waals surface area contributed by atoms with E-state index >= 15 is 0 Å². The second kappa shape index (κ2) is 6.74. The van der Waals surface area contributed by atoms with Crippen LogP contribution >= 0.6 is 22.9 Å². The first kappa shape index (κ1) is 17.8. The van der Waals surface area contributed by atoms with Gasteiger partial charge in [-0.25, -0.2) is 22.8 Å². The van der Waals surface area contributed by atoms with E-state index in [2.05, 4.69) is 20.3 Å². The van der Waals surface area contributed by atoms with Crippen LogP contribution in [0.25, 0.3) is 0 Å². The van der Waals surface area contributed by atoms with Gasteiger partial charge in [-0.2, -0.15) is 0 Å². The standard InChI is InChI=1S/C15H14ClFN4O2S2/c1-8-14(25(2,22)23)21-13(19-8)12(20-15-18-5-6-24-15)9-3-4-11(17)10(16)7-9/h3-7,12H,1-2H3,(H,18,20)(H,19,21). The summed E-state index contributed by atoms with van der Waals surface area (Å²) in [6.07, 6.45) is 2.73. The maximum absolute atomic E-state index is 13.5. The van der Waals surface area contributed by atoms with Gasteiger partial charge in [-0.15, -0.1) is 11.3 Å². The zero-order valence-corrected chi connectivity index (χ0v) is 15.6. The molecule has 2 aromatic heterocycles. The third-order valence-electron chi connectivity index (χ3n) is 3.46. The van der Waals surface area contributed by atoms with Crippen LogP contribution in [0.3, 0.4) is 0 Å². The molecular formula is C15H14ClFN4O2S2. The van der Waals surface area contributed by atoms with Gasteiger partial charge in [0.15, 0.2) is 20.0 Å². The van der Waals surface area contributed by atoms with Gasteiger partial charge in [-0.1, -0.05) is 17.7 Å². The van der Waals surface area contributed by atoms with Gasteiger partial charge >= 0.3 is 0 Å². The lowest BCUT2D eigenvalue weighted by Gasteiger charge is -2.17. The Hall–Kier alpha value is -1.97. The SMILES string of the molecule is Cc1[nH]c(C(Nc2nccs2)c2ccc(F)c(Cl)c2)nc1S(C)(=O)=O. The van der Waals surface area contributed by atoms with E-state index in [1.54, 1.807) is 24.6 Å². The lowest BCUT2D eigenvalue weighted by atomic mass is 10.1. The zero-order chi connectivity index (χ0) is 18.2. The molecule has 0 aliphatic heterocycles. The molecule has 1 atom stereocenters. The Morgan fingerprint density at radius 2 is 2.16 bits per heavy atom. The van der Waals surface area contributed by atoms with Crippen molar-refractivity contribution < 1.29 is 12.8 Å². The summed E-state index contributed by atoms with van der Waals surface area (Å²) in [6, 6.07) is 3.71.